The van der Waals surface area contributed by atoms with Crippen LogP contribution in [0.3, 0.4) is 0 Å². The topological polar surface area (TPSA) is 56.7 Å². The van der Waals surface area contributed by atoms with Gasteiger partial charge in [-0.1, -0.05) is 18.2 Å². The largest absolute Gasteiger partial charge is 0.382 e. The second-order valence-electron chi connectivity index (χ2n) is 3.76. The molecule has 0 unspecified atom stereocenters. The summed E-state index contributed by atoms with van der Waals surface area (Å²) in [7, 11) is 0. The van der Waals surface area contributed by atoms with Gasteiger partial charge in [0.2, 0.25) is 0 Å². The third-order valence-electron chi connectivity index (χ3n) is 2.76. The summed E-state index contributed by atoms with van der Waals surface area (Å²) in [6.07, 6.45) is 2.02. The third kappa shape index (κ3) is 1.16. The average molecular weight is 212 g/mol. The van der Waals surface area contributed by atoms with Crippen LogP contribution in [0.2, 0.25) is 0 Å². The van der Waals surface area contributed by atoms with Gasteiger partial charge in [-0.3, -0.25) is 4.68 Å². The Morgan fingerprint density at radius 1 is 1.25 bits per heavy atom. The van der Waals surface area contributed by atoms with Gasteiger partial charge in [-0.2, -0.15) is 5.10 Å². The van der Waals surface area contributed by atoms with Crippen LogP contribution in [-0.4, -0.2) is 14.8 Å². The fraction of sp³-hybridized carbons (Fsp3) is 0.167. The number of nitrogen functional groups attached to an aromatic ring is 1. The molecule has 4 nitrogen and oxygen atoms in total. The van der Waals surface area contributed by atoms with Crippen LogP contribution >= 0.6 is 0 Å². The number of rotatable bonds is 1. The van der Waals surface area contributed by atoms with E-state index in [1.807, 2.05) is 35.1 Å². The molecule has 16 heavy (non-hydrogen) atoms. The van der Waals surface area contributed by atoms with Gasteiger partial charge in [0.15, 0.2) is 5.82 Å². The molecule has 2 heterocycles. The van der Waals surface area contributed by atoms with Crippen molar-refractivity contribution >= 4 is 27.6 Å². The number of hydrogen-bond donors (Lipinski definition) is 1. The zero-order valence-electron chi connectivity index (χ0n) is 9.01. The molecule has 0 atom stereocenters. The van der Waals surface area contributed by atoms with Crippen LogP contribution in [0.15, 0.2) is 30.5 Å². The highest BCUT2D eigenvalue weighted by Crippen LogP contribution is 2.26. The Kier molecular flexibility index (Phi) is 1.83. The minimum atomic E-state index is 0.501. The summed E-state index contributed by atoms with van der Waals surface area (Å²) in [6, 6.07) is 7.98. The SMILES string of the molecule is CCn1cc2c(n1)c(N)nc1ccccc12. The van der Waals surface area contributed by atoms with Gasteiger partial charge in [0.25, 0.3) is 0 Å². The molecule has 0 radical (unpaired) electrons. The van der Waals surface area contributed by atoms with Crippen molar-refractivity contribution in [2.45, 2.75) is 13.5 Å². The van der Waals surface area contributed by atoms with Gasteiger partial charge in [0, 0.05) is 23.5 Å². The lowest BCUT2D eigenvalue weighted by atomic mass is 10.1. The van der Waals surface area contributed by atoms with Gasteiger partial charge in [0.05, 0.1) is 5.52 Å². The number of aromatic nitrogens is 3. The molecule has 0 bridgehead atoms. The number of aryl methyl sites for hydroxylation is 1. The fourth-order valence-corrected chi connectivity index (χ4v) is 1.95. The second-order valence-corrected chi connectivity index (χ2v) is 3.76. The van der Waals surface area contributed by atoms with E-state index in [4.69, 9.17) is 5.73 Å². The van der Waals surface area contributed by atoms with Gasteiger partial charge in [0.1, 0.15) is 5.52 Å². The van der Waals surface area contributed by atoms with E-state index in [9.17, 15) is 0 Å². The molecule has 3 rings (SSSR count). The normalized spacial score (nSPS) is 11.3. The molecule has 0 saturated carbocycles. The summed E-state index contributed by atoms with van der Waals surface area (Å²) in [5, 5.41) is 6.59. The van der Waals surface area contributed by atoms with Crippen molar-refractivity contribution in [3.8, 4) is 0 Å². The average Bonchev–Trinajstić information content (AvgIpc) is 2.74. The monoisotopic (exact) mass is 212 g/mol. The molecule has 3 aromatic rings. The third-order valence-corrected chi connectivity index (χ3v) is 2.76. The molecule has 0 amide bonds. The Labute approximate surface area is 92.7 Å². The highest BCUT2D eigenvalue weighted by atomic mass is 15.3. The standard InChI is InChI=1S/C12H12N4/c1-2-16-7-9-8-5-3-4-6-10(8)14-12(13)11(9)15-16/h3-7H,2H2,1H3,(H2,13,14). The Morgan fingerprint density at radius 3 is 2.88 bits per heavy atom. The molecule has 0 aliphatic heterocycles. The Morgan fingerprint density at radius 2 is 2.06 bits per heavy atom. The molecule has 0 fully saturated rings. The molecule has 0 aliphatic carbocycles. The quantitative estimate of drug-likeness (QED) is 0.672. The van der Waals surface area contributed by atoms with Crippen molar-refractivity contribution < 1.29 is 0 Å². The number of anilines is 1. The second kappa shape index (κ2) is 3.20. The Hall–Kier alpha value is -2.10. The van der Waals surface area contributed by atoms with Gasteiger partial charge in [-0.05, 0) is 13.0 Å². The van der Waals surface area contributed by atoms with Crippen molar-refractivity contribution in [1.82, 2.24) is 14.8 Å². The lowest BCUT2D eigenvalue weighted by Crippen LogP contribution is -1.95. The number of pyridine rings is 1. The first-order chi connectivity index (χ1) is 7.79. The summed E-state index contributed by atoms with van der Waals surface area (Å²) in [5.41, 5.74) is 7.62. The maximum atomic E-state index is 5.90. The first-order valence-electron chi connectivity index (χ1n) is 5.31. The van der Waals surface area contributed by atoms with Crippen molar-refractivity contribution in [1.29, 1.82) is 0 Å². The van der Waals surface area contributed by atoms with Crippen LogP contribution in [0.25, 0.3) is 21.8 Å². The summed E-state index contributed by atoms with van der Waals surface area (Å²) in [4.78, 5) is 4.35. The minimum absolute atomic E-state index is 0.501. The molecule has 1 aromatic carbocycles. The van der Waals surface area contributed by atoms with Gasteiger partial charge in [-0.15, -0.1) is 0 Å². The van der Waals surface area contributed by atoms with E-state index >= 15 is 0 Å². The highest BCUT2D eigenvalue weighted by molar-refractivity contribution is 6.07. The van der Waals surface area contributed by atoms with Crippen LogP contribution in [0.5, 0.6) is 0 Å². The predicted octanol–water partition coefficient (Wildman–Crippen LogP) is 2.19. The summed E-state index contributed by atoms with van der Waals surface area (Å²) in [5.74, 6) is 0.501. The maximum absolute atomic E-state index is 5.90. The number of para-hydroxylation sites is 1. The lowest BCUT2D eigenvalue weighted by molar-refractivity contribution is 0.668. The van der Waals surface area contributed by atoms with Crippen molar-refractivity contribution in [3.63, 3.8) is 0 Å². The van der Waals surface area contributed by atoms with E-state index in [0.29, 0.717) is 5.82 Å². The molecule has 4 heteroatoms. The Bertz CT molecular complexity index is 669. The highest BCUT2D eigenvalue weighted by Gasteiger charge is 2.09. The molecule has 2 aromatic heterocycles. The fourth-order valence-electron chi connectivity index (χ4n) is 1.95. The molecule has 80 valence electrons. The van der Waals surface area contributed by atoms with Crippen LogP contribution in [0, 0.1) is 0 Å². The van der Waals surface area contributed by atoms with Gasteiger partial charge < -0.3 is 5.73 Å². The van der Waals surface area contributed by atoms with Crippen molar-refractivity contribution in [2.24, 2.45) is 0 Å². The van der Waals surface area contributed by atoms with Crippen LogP contribution in [-0.2, 0) is 6.54 Å². The number of hydrogen-bond acceptors (Lipinski definition) is 3. The van der Waals surface area contributed by atoms with Crippen LogP contribution in [0.4, 0.5) is 5.82 Å². The van der Waals surface area contributed by atoms with E-state index in [1.165, 1.54) is 0 Å². The van der Waals surface area contributed by atoms with Crippen LogP contribution < -0.4 is 5.73 Å². The van der Waals surface area contributed by atoms with E-state index in [-0.39, 0.29) is 0 Å². The molecular formula is C12H12N4. The number of nitrogens with zero attached hydrogens (tertiary/aromatic N) is 3. The molecule has 2 N–H and O–H groups in total. The first-order valence-corrected chi connectivity index (χ1v) is 5.31. The van der Waals surface area contributed by atoms with Crippen molar-refractivity contribution in [2.75, 3.05) is 5.73 Å². The minimum Gasteiger partial charge on any atom is -0.382 e. The molecular weight excluding hydrogens is 200 g/mol. The molecule has 0 saturated heterocycles. The summed E-state index contributed by atoms with van der Waals surface area (Å²) in [6.45, 7) is 2.89. The van der Waals surface area contributed by atoms with E-state index in [2.05, 4.69) is 17.0 Å². The summed E-state index contributed by atoms with van der Waals surface area (Å²) >= 11 is 0. The molecule has 0 spiro atoms. The van der Waals surface area contributed by atoms with E-state index < -0.39 is 0 Å². The first kappa shape index (κ1) is 9.15. The van der Waals surface area contributed by atoms with E-state index in [0.717, 1.165) is 28.4 Å². The number of fused-ring (bicyclic) bond motifs is 3. The number of nitrogens with two attached hydrogens (primary N) is 1. The Balaban J connectivity index is 2.52. The van der Waals surface area contributed by atoms with Crippen LogP contribution in [0.1, 0.15) is 6.92 Å². The predicted molar refractivity (Wildman–Crippen MR) is 65.1 cm³/mol. The zero-order chi connectivity index (χ0) is 11.1. The maximum Gasteiger partial charge on any atom is 0.152 e. The smallest absolute Gasteiger partial charge is 0.152 e. The lowest BCUT2D eigenvalue weighted by Gasteiger charge is -1.99. The summed E-state index contributed by atoms with van der Waals surface area (Å²) < 4.78 is 1.88. The zero-order valence-corrected chi connectivity index (χ0v) is 9.01. The van der Waals surface area contributed by atoms with Gasteiger partial charge >= 0.3 is 0 Å². The van der Waals surface area contributed by atoms with Gasteiger partial charge in [-0.25, -0.2) is 4.98 Å². The van der Waals surface area contributed by atoms with Crippen molar-refractivity contribution in [3.05, 3.63) is 30.5 Å². The molecule has 0 aliphatic rings. The van der Waals surface area contributed by atoms with E-state index in [1.54, 1.807) is 0 Å². The number of benzene rings is 1.